The van der Waals surface area contributed by atoms with E-state index >= 15 is 0 Å². The first-order chi connectivity index (χ1) is 19.2. The van der Waals surface area contributed by atoms with Crippen molar-refractivity contribution in [1.82, 2.24) is 0 Å². The minimum absolute atomic E-state index is 0.123. The molecule has 0 aliphatic rings. The quantitative estimate of drug-likeness (QED) is 0.104. The number of amides is 1. The van der Waals surface area contributed by atoms with Crippen molar-refractivity contribution in [3.05, 3.63) is 76.7 Å². The molecule has 0 saturated heterocycles. The van der Waals surface area contributed by atoms with Gasteiger partial charge in [0.2, 0.25) is 11.4 Å². The SMILES string of the molecule is CCCCCCCCCCCCCCOc1cccc(CN(C(=O)CC)c2ccc(C[n+]3ccsc3)cc2)c1. The molecular weight excluding hydrogens is 500 g/mol. The molecule has 4 nitrogen and oxygen atoms in total. The first kappa shape index (κ1) is 30.9. The van der Waals surface area contributed by atoms with Crippen LogP contribution in [0.15, 0.2) is 65.6 Å². The zero-order valence-electron chi connectivity index (χ0n) is 24.3. The Bertz CT molecular complexity index is 1050. The molecule has 212 valence electrons. The van der Waals surface area contributed by atoms with Crippen LogP contribution in [0.2, 0.25) is 0 Å². The summed E-state index contributed by atoms with van der Waals surface area (Å²) in [5.74, 6) is 1.01. The van der Waals surface area contributed by atoms with Crippen molar-refractivity contribution in [3.8, 4) is 5.75 Å². The average molecular weight is 550 g/mol. The lowest BCUT2D eigenvalue weighted by Gasteiger charge is -2.23. The fourth-order valence-corrected chi connectivity index (χ4v) is 5.51. The highest BCUT2D eigenvalue weighted by atomic mass is 32.1. The normalized spacial score (nSPS) is 11.0. The van der Waals surface area contributed by atoms with Gasteiger partial charge in [-0.05, 0) is 36.2 Å². The van der Waals surface area contributed by atoms with Crippen LogP contribution in [0.25, 0.3) is 0 Å². The van der Waals surface area contributed by atoms with Crippen LogP contribution in [-0.2, 0) is 17.9 Å². The minimum Gasteiger partial charge on any atom is -0.494 e. The number of anilines is 1. The number of nitrogens with zero attached hydrogens (tertiary/aromatic N) is 2. The van der Waals surface area contributed by atoms with Gasteiger partial charge in [0.05, 0.1) is 18.5 Å². The molecule has 0 spiro atoms. The Kier molecular flexibility index (Phi) is 14.7. The number of hydrogen-bond donors (Lipinski definition) is 0. The Labute approximate surface area is 241 Å². The van der Waals surface area contributed by atoms with Crippen molar-refractivity contribution in [1.29, 1.82) is 0 Å². The molecule has 1 heterocycles. The highest BCUT2D eigenvalue weighted by Crippen LogP contribution is 2.22. The number of thiazole rings is 1. The van der Waals surface area contributed by atoms with Gasteiger partial charge in [-0.2, -0.15) is 4.57 Å². The van der Waals surface area contributed by atoms with Crippen molar-refractivity contribution >= 4 is 22.9 Å². The molecule has 39 heavy (non-hydrogen) atoms. The van der Waals surface area contributed by atoms with E-state index in [-0.39, 0.29) is 5.91 Å². The molecule has 1 amide bonds. The topological polar surface area (TPSA) is 33.4 Å². The maximum Gasteiger partial charge on any atom is 0.227 e. The molecule has 0 N–H and O–H groups in total. The van der Waals surface area contributed by atoms with Crippen molar-refractivity contribution in [3.63, 3.8) is 0 Å². The Hall–Kier alpha value is -2.66. The maximum absolute atomic E-state index is 12.8. The minimum atomic E-state index is 0.123. The van der Waals surface area contributed by atoms with E-state index in [2.05, 4.69) is 65.0 Å². The smallest absolute Gasteiger partial charge is 0.227 e. The number of hydrogen-bond acceptors (Lipinski definition) is 3. The third-order valence-corrected chi connectivity index (χ3v) is 7.92. The van der Waals surface area contributed by atoms with E-state index in [1.165, 1.54) is 76.2 Å². The first-order valence-corrected chi connectivity index (χ1v) is 16.2. The molecule has 0 aliphatic heterocycles. The fraction of sp³-hybridized carbons (Fsp3) is 0.529. The average Bonchev–Trinajstić information content (AvgIpc) is 3.48. The zero-order valence-corrected chi connectivity index (χ0v) is 25.1. The summed E-state index contributed by atoms with van der Waals surface area (Å²) in [6, 6.07) is 16.6. The van der Waals surface area contributed by atoms with Gasteiger partial charge in [-0.15, -0.1) is 0 Å². The second-order valence-corrected chi connectivity index (χ2v) is 11.3. The number of benzene rings is 2. The van der Waals surface area contributed by atoms with Crippen molar-refractivity contribution in [2.75, 3.05) is 11.5 Å². The third kappa shape index (κ3) is 11.9. The van der Waals surface area contributed by atoms with E-state index in [1.54, 1.807) is 11.3 Å². The summed E-state index contributed by atoms with van der Waals surface area (Å²) < 4.78 is 8.24. The van der Waals surface area contributed by atoms with Gasteiger partial charge < -0.3 is 9.64 Å². The lowest BCUT2D eigenvalue weighted by Crippen LogP contribution is -2.31. The van der Waals surface area contributed by atoms with Gasteiger partial charge in [0, 0.05) is 17.7 Å². The standard InChI is InChI=1S/C34H49N2O2S/c1-3-5-6-7-8-9-10-11-12-13-14-15-24-38-33-18-16-17-31(26-33)28-36(34(37)4-2)32-21-19-30(20-22-32)27-35-23-25-39-29-35/h16-23,25-26,29H,3-15,24,27-28H2,1-2H3/q+1. The van der Waals surface area contributed by atoms with Gasteiger partial charge in [-0.3, -0.25) is 4.79 Å². The number of aromatic nitrogens is 1. The van der Waals surface area contributed by atoms with Gasteiger partial charge in [0.15, 0.2) is 12.7 Å². The van der Waals surface area contributed by atoms with Crippen LogP contribution in [0.4, 0.5) is 5.69 Å². The monoisotopic (exact) mass is 549 g/mol. The number of ether oxygens (including phenoxy) is 1. The number of rotatable bonds is 20. The molecule has 0 aliphatic carbocycles. The van der Waals surface area contributed by atoms with Crippen LogP contribution in [0.3, 0.4) is 0 Å². The van der Waals surface area contributed by atoms with Gasteiger partial charge in [-0.25, -0.2) is 0 Å². The molecule has 0 saturated carbocycles. The summed E-state index contributed by atoms with van der Waals surface area (Å²) in [5, 5.41) is 2.08. The van der Waals surface area contributed by atoms with Crippen molar-refractivity contribution < 1.29 is 14.1 Å². The number of carbonyl (C=O) groups excluding carboxylic acids is 1. The lowest BCUT2D eigenvalue weighted by atomic mass is 10.1. The van der Waals surface area contributed by atoms with Gasteiger partial charge in [0.25, 0.3) is 0 Å². The predicted molar refractivity (Wildman–Crippen MR) is 165 cm³/mol. The van der Waals surface area contributed by atoms with Crippen molar-refractivity contribution in [2.45, 2.75) is 110 Å². The molecule has 0 bridgehead atoms. The Morgan fingerprint density at radius 2 is 1.49 bits per heavy atom. The Balaban J connectivity index is 1.38. The van der Waals surface area contributed by atoms with Crippen LogP contribution in [0, 0.1) is 0 Å². The fourth-order valence-electron chi connectivity index (χ4n) is 4.91. The Morgan fingerprint density at radius 3 is 2.10 bits per heavy atom. The van der Waals surface area contributed by atoms with E-state index in [1.807, 2.05) is 24.0 Å². The summed E-state index contributed by atoms with van der Waals surface area (Å²) in [7, 11) is 0. The molecule has 0 radical (unpaired) electrons. The molecule has 3 rings (SSSR count). The molecule has 2 aromatic carbocycles. The second-order valence-electron chi connectivity index (χ2n) is 10.6. The zero-order chi connectivity index (χ0) is 27.5. The van der Waals surface area contributed by atoms with E-state index in [0.717, 1.165) is 36.6 Å². The molecule has 3 aromatic rings. The van der Waals surface area contributed by atoms with Crippen LogP contribution in [-0.4, -0.2) is 12.5 Å². The van der Waals surface area contributed by atoms with Crippen LogP contribution < -0.4 is 14.2 Å². The van der Waals surface area contributed by atoms with Gasteiger partial charge in [0.1, 0.15) is 5.75 Å². The van der Waals surface area contributed by atoms with E-state index in [9.17, 15) is 4.79 Å². The Morgan fingerprint density at radius 1 is 0.821 bits per heavy atom. The summed E-state index contributed by atoms with van der Waals surface area (Å²) in [4.78, 5) is 14.7. The number of unbranched alkanes of at least 4 members (excludes halogenated alkanes) is 11. The van der Waals surface area contributed by atoms with E-state index in [0.29, 0.717) is 13.0 Å². The van der Waals surface area contributed by atoms with Crippen LogP contribution in [0.1, 0.15) is 108 Å². The van der Waals surface area contributed by atoms with E-state index < -0.39 is 0 Å². The van der Waals surface area contributed by atoms with Crippen molar-refractivity contribution in [2.24, 2.45) is 0 Å². The summed E-state index contributed by atoms with van der Waals surface area (Å²) >= 11 is 1.69. The molecule has 0 fully saturated rings. The largest absolute Gasteiger partial charge is 0.494 e. The molecule has 1 aromatic heterocycles. The highest BCUT2D eigenvalue weighted by molar-refractivity contribution is 7.07. The first-order valence-electron chi connectivity index (χ1n) is 15.2. The predicted octanol–water partition coefficient (Wildman–Crippen LogP) is 9.11. The summed E-state index contributed by atoms with van der Waals surface area (Å²) in [5.41, 5.74) is 5.35. The number of carbonyl (C=O) groups is 1. The lowest BCUT2D eigenvalue weighted by molar-refractivity contribution is -0.683. The highest BCUT2D eigenvalue weighted by Gasteiger charge is 2.15. The van der Waals surface area contributed by atoms with Gasteiger partial charge in [-0.1, -0.05) is 120 Å². The molecule has 0 unspecified atom stereocenters. The van der Waals surface area contributed by atoms with Crippen LogP contribution in [0.5, 0.6) is 5.75 Å². The summed E-state index contributed by atoms with van der Waals surface area (Å²) in [6.45, 7) is 6.33. The van der Waals surface area contributed by atoms with Crippen LogP contribution >= 0.6 is 11.3 Å². The maximum atomic E-state index is 12.8. The van der Waals surface area contributed by atoms with E-state index in [4.69, 9.17) is 4.74 Å². The second kappa shape index (κ2) is 18.6. The third-order valence-electron chi connectivity index (χ3n) is 7.25. The molecular formula is C34H49N2O2S+. The summed E-state index contributed by atoms with van der Waals surface area (Å²) in [6.07, 6.45) is 18.7. The van der Waals surface area contributed by atoms with Gasteiger partial charge >= 0.3 is 0 Å². The molecule has 5 heteroatoms. The molecule has 0 atom stereocenters.